The molecule has 1 aromatic carbocycles. The molecule has 0 aromatic heterocycles. The number of halogens is 2. The molecule has 0 saturated carbocycles. The lowest BCUT2D eigenvalue weighted by Gasteiger charge is -2.18. The Morgan fingerprint density at radius 1 is 1.35 bits per heavy atom. The van der Waals surface area contributed by atoms with Crippen molar-refractivity contribution in [2.24, 2.45) is 5.92 Å². The third-order valence-electron chi connectivity index (χ3n) is 4.15. The molecule has 26 heavy (non-hydrogen) atoms. The topological polar surface area (TPSA) is 95.9 Å². The van der Waals surface area contributed by atoms with Crippen LogP contribution >= 0.6 is 0 Å². The van der Waals surface area contributed by atoms with Crippen LogP contribution in [0.4, 0.5) is 8.78 Å². The molecule has 0 spiro atoms. The number of aliphatic carboxylic acids is 1. The van der Waals surface area contributed by atoms with E-state index in [1.807, 2.05) is 0 Å². The summed E-state index contributed by atoms with van der Waals surface area (Å²) >= 11 is 0. The summed E-state index contributed by atoms with van der Waals surface area (Å²) in [4.78, 5) is 36.7. The summed E-state index contributed by atoms with van der Waals surface area (Å²) in [7, 11) is 1.54. The molecule has 7 nitrogen and oxygen atoms in total. The molecule has 1 heterocycles. The number of nitrogens with one attached hydrogen (secondary N) is 1. The first-order chi connectivity index (χ1) is 12.3. The summed E-state index contributed by atoms with van der Waals surface area (Å²) in [6, 6.07) is 5.42. The molecule has 2 amide bonds. The van der Waals surface area contributed by atoms with Gasteiger partial charge in [0.2, 0.25) is 18.2 Å². The zero-order valence-electron chi connectivity index (χ0n) is 14.2. The zero-order valence-corrected chi connectivity index (χ0v) is 14.2. The van der Waals surface area contributed by atoms with Crippen LogP contribution in [0.25, 0.3) is 0 Å². The van der Waals surface area contributed by atoms with Gasteiger partial charge in [0.15, 0.2) is 0 Å². The molecule has 2 rings (SSSR count). The Balaban J connectivity index is 1.94. The third-order valence-corrected chi connectivity index (χ3v) is 4.15. The average molecular weight is 370 g/mol. The number of nitrogens with zero attached hydrogens (tertiary/aromatic N) is 1. The van der Waals surface area contributed by atoms with Crippen LogP contribution in [-0.4, -0.2) is 53.9 Å². The smallest absolute Gasteiger partial charge is 0.326 e. The highest BCUT2D eigenvalue weighted by Gasteiger charge is 2.36. The fourth-order valence-corrected chi connectivity index (χ4v) is 2.74. The number of carbonyl (C=O) groups excluding carboxylic acids is 2. The highest BCUT2D eigenvalue weighted by Crippen LogP contribution is 2.22. The lowest BCUT2D eigenvalue weighted by atomic mass is 10.1. The van der Waals surface area contributed by atoms with Crippen molar-refractivity contribution in [3.8, 4) is 5.75 Å². The number of ether oxygens (including phenoxy) is 1. The molecule has 1 saturated heterocycles. The normalized spacial score (nSPS) is 18.1. The molecule has 1 fully saturated rings. The summed E-state index contributed by atoms with van der Waals surface area (Å²) in [6.07, 6.45) is -3.91. The van der Waals surface area contributed by atoms with Crippen LogP contribution in [-0.2, 0) is 20.9 Å². The first-order valence-corrected chi connectivity index (χ1v) is 8.02. The number of amides is 2. The van der Waals surface area contributed by atoms with Gasteiger partial charge >= 0.3 is 5.97 Å². The molecule has 1 aliphatic heterocycles. The minimum absolute atomic E-state index is 0.0804. The van der Waals surface area contributed by atoms with Gasteiger partial charge in [-0.3, -0.25) is 9.59 Å². The van der Waals surface area contributed by atoms with Gasteiger partial charge in [0.1, 0.15) is 11.8 Å². The Labute approximate surface area is 148 Å². The van der Waals surface area contributed by atoms with Crippen molar-refractivity contribution in [1.29, 1.82) is 0 Å². The van der Waals surface area contributed by atoms with Crippen LogP contribution in [0.15, 0.2) is 24.3 Å². The first kappa shape index (κ1) is 19.6. The number of alkyl halides is 2. The molecule has 0 aliphatic carbocycles. The summed E-state index contributed by atoms with van der Waals surface area (Å²) in [5.74, 6) is -2.57. The Bertz CT molecular complexity index is 666. The predicted octanol–water partition coefficient (Wildman–Crippen LogP) is 1.27. The molecule has 142 valence electrons. The van der Waals surface area contributed by atoms with E-state index in [4.69, 9.17) is 9.84 Å². The van der Waals surface area contributed by atoms with Crippen molar-refractivity contribution >= 4 is 17.8 Å². The minimum Gasteiger partial charge on any atom is -0.497 e. The van der Waals surface area contributed by atoms with Crippen molar-refractivity contribution in [3.63, 3.8) is 0 Å². The van der Waals surface area contributed by atoms with Gasteiger partial charge in [-0.25, -0.2) is 13.6 Å². The summed E-state index contributed by atoms with van der Waals surface area (Å²) in [6.45, 7) is 0.406. The molecular formula is C17H20F2N2O5. The van der Waals surface area contributed by atoms with Crippen LogP contribution in [0.3, 0.4) is 0 Å². The first-order valence-electron chi connectivity index (χ1n) is 8.02. The van der Waals surface area contributed by atoms with Crippen molar-refractivity contribution in [3.05, 3.63) is 29.8 Å². The van der Waals surface area contributed by atoms with Crippen LogP contribution in [0, 0.1) is 5.92 Å². The second-order valence-electron chi connectivity index (χ2n) is 6.05. The lowest BCUT2D eigenvalue weighted by Crippen LogP contribution is -2.45. The highest BCUT2D eigenvalue weighted by atomic mass is 19.3. The Morgan fingerprint density at radius 2 is 2.00 bits per heavy atom. The molecule has 0 bridgehead atoms. The Morgan fingerprint density at radius 3 is 2.54 bits per heavy atom. The van der Waals surface area contributed by atoms with E-state index in [1.165, 1.54) is 4.90 Å². The van der Waals surface area contributed by atoms with Crippen LogP contribution in [0.5, 0.6) is 5.75 Å². The number of likely N-dealkylation sites (tertiary alicyclic amines) is 1. The fourth-order valence-electron chi connectivity index (χ4n) is 2.74. The maximum atomic E-state index is 12.4. The quantitative estimate of drug-likeness (QED) is 0.718. The number of hydrogen-bond donors (Lipinski definition) is 2. The minimum atomic E-state index is -2.85. The van der Waals surface area contributed by atoms with Gasteiger partial charge in [-0.2, -0.15) is 0 Å². The van der Waals surface area contributed by atoms with Crippen molar-refractivity contribution in [1.82, 2.24) is 10.2 Å². The van der Waals surface area contributed by atoms with E-state index in [9.17, 15) is 23.2 Å². The van der Waals surface area contributed by atoms with Crippen molar-refractivity contribution in [2.45, 2.75) is 31.9 Å². The number of rotatable bonds is 8. The second kappa shape index (κ2) is 8.59. The molecule has 2 N–H and O–H groups in total. The van der Waals surface area contributed by atoms with Crippen LogP contribution in [0.1, 0.15) is 18.4 Å². The van der Waals surface area contributed by atoms with E-state index >= 15 is 0 Å². The Hall–Kier alpha value is -2.71. The van der Waals surface area contributed by atoms with Gasteiger partial charge in [0, 0.05) is 25.9 Å². The third kappa shape index (κ3) is 5.14. The van der Waals surface area contributed by atoms with Gasteiger partial charge in [0.05, 0.1) is 13.0 Å². The van der Waals surface area contributed by atoms with E-state index < -0.39 is 36.7 Å². The van der Waals surface area contributed by atoms with Gasteiger partial charge in [-0.05, 0) is 17.7 Å². The second-order valence-corrected chi connectivity index (χ2v) is 6.05. The fraction of sp³-hybridized carbons (Fsp3) is 0.471. The number of methoxy groups -OCH3 is 1. The maximum Gasteiger partial charge on any atom is 0.326 e. The largest absolute Gasteiger partial charge is 0.497 e. The van der Waals surface area contributed by atoms with E-state index in [1.54, 1.807) is 31.4 Å². The standard InChI is InChI=1S/C17H20F2N2O5/c1-26-12-4-2-10(3-5-12)8-21-9-11(6-15(21)22)16(23)20-13(17(24)25)7-14(18)19/h2-5,11,13-14H,6-9H2,1H3,(H,20,23)(H,24,25). The molecule has 2 unspecified atom stereocenters. The van der Waals surface area contributed by atoms with Crippen LogP contribution in [0.2, 0.25) is 0 Å². The number of carboxylic acid groups (broad SMARTS) is 1. The summed E-state index contributed by atoms with van der Waals surface area (Å²) in [5, 5.41) is 11.0. The highest BCUT2D eigenvalue weighted by molar-refractivity contribution is 5.91. The number of carbonyl (C=O) groups is 3. The molecule has 9 heteroatoms. The van der Waals surface area contributed by atoms with Gasteiger partial charge < -0.3 is 20.1 Å². The molecule has 0 radical (unpaired) electrons. The van der Waals surface area contributed by atoms with Gasteiger partial charge in [0.25, 0.3) is 0 Å². The van der Waals surface area contributed by atoms with E-state index in [0.717, 1.165) is 5.56 Å². The number of hydrogen-bond acceptors (Lipinski definition) is 4. The molecule has 1 aliphatic rings. The lowest BCUT2D eigenvalue weighted by molar-refractivity contribution is -0.143. The van der Waals surface area contributed by atoms with Crippen LogP contribution < -0.4 is 10.1 Å². The zero-order chi connectivity index (χ0) is 19.3. The molecule has 1 aromatic rings. The van der Waals surface area contributed by atoms with E-state index in [-0.39, 0.29) is 18.9 Å². The van der Waals surface area contributed by atoms with Gasteiger partial charge in [-0.15, -0.1) is 0 Å². The molecular weight excluding hydrogens is 350 g/mol. The number of benzene rings is 1. The SMILES string of the molecule is COc1ccc(CN2CC(C(=O)NC(CC(F)F)C(=O)O)CC2=O)cc1. The summed E-state index contributed by atoms with van der Waals surface area (Å²) < 4.78 is 29.9. The van der Waals surface area contributed by atoms with Crippen molar-refractivity contribution < 1.29 is 33.0 Å². The summed E-state index contributed by atoms with van der Waals surface area (Å²) in [5.41, 5.74) is 0.848. The van der Waals surface area contributed by atoms with Gasteiger partial charge in [-0.1, -0.05) is 12.1 Å². The Kier molecular flexibility index (Phi) is 6.48. The average Bonchev–Trinajstić information content (AvgIpc) is 2.95. The van der Waals surface area contributed by atoms with E-state index in [0.29, 0.717) is 12.3 Å². The monoisotopic (exact) mass is 370 g/mol. The predicted molar refractivity (Wildman–Crippen MR) is 86.7 cm³/mol. The molecule has 2 atom stereocenters. The van der Waals surface area contributed by atoms with E-state index in [2.05, 4.69) is 5.32 Å². The van der Waals surface area contributed by atoms with Crippen molar-refractivity contribution in [2.75, 3.05) is 13.7 Å². The number of carboxylic acids is 1. The maximum absolute atomic E-state index is 12.4.